The molecule has 1 unspecified atom stereocenters. The first kappa shape index (κ1) is 19.1. The Kier molecular flexibility index (Phi) is 4.83. The maximum absolute atomic E-state index is 12.8. The molecule has 4 rings (SSSR count). The molecule has 1 fully saturated rings. The zero-order valence-corrected chi connectivity index (χ0v) is 15.4. The summed E-state index contributed by atoms with van der Waals surface area (Å²) in [6.07, 6.45) is -4.69. The van der Waals surface area contributed by atoms with Gasteiger partial charge in [-0.25, -0.2) is 0 Å². The van der Waals surface area contributed by atoms with E-state index < -0.39 is 12.1 Å². The van der Waals surface area contributed by atoms with E-state index in [1.165, 1.54) is 0 Å². The van der Waals surface area contributed by atoms with Crippen molar-refractivity contribution < 1.29 is 22.5 Å². The Morgan fingerprint density at radius 1 is 1.07 bits per heavy atom. The number of aromatic nitrogens is 2. The minimum absolute atomic E-state index is 0.0562. The summed E-state index contributed by atoms with van der Waals surface area (Å²) in [5.74, 6) is -1.61. The number of carbonyl (C=O) groups is 1. The maximum Gasteiger partial charge on any atom is 0.471 e. The molecule has 0 spiro atoms. The minimum atomic E-state index is -4.69. The fraction of sp³-hybridized carbons (Fsp3) is 0.250. The van der Waals surface area contributed by atoms with Crippen LogP contribution < -0.4 is 4.90 Å². The Hall–Kier alpha value is -3.20. The molecule has 0 aliphatic carbocycles. The monoisotopic (exact) mass is 402 g/mol. The molecule has 2 heterocycles. The Balaban J connectivity index is 1.64. The van der Waals surface area contributed by atoms with E-state index in [0.29, 0.717) is 17.8 Å². The zero-order valence-electron chi connectivity index (χ0n) is 15.4. The molecule has 3 aromatic rings. The molecule has 1 atom stereocenters. The van der Waals surface area contributed by atoms with Gasteiger partial charge in [-0.3, -0.25) is 9.69 Å². The number of halogens is 3. The molecule has 0 radical (unpaired) electrons. The summed E-state index contributed by atoms with van der Waals surface area (Å²) >= 11 is 0. The Morgan fingerprint density at radius 3 is 2.38 bits per heavy atom. The number of hydrogen-bond donors (Lipinski definition) is 0. The third kappa shape index (κ3) is 3.86. The van der Waals surface area contributed by atoms with Gasteiger partial charge in [0, 0.05) is 17.8 Å². The first-order valence-electron chi connectivity index (χ1n) is 8.90. The van der Waals surface area contributed by atoms with Crippen LogP contribution in [-0.4, -0.2) is 41.1 Å². The van der Waals surface area contributed by atoms with Gasteiger partial charge in [0.05, 0.1) is 12.6 Å². The van der Waals surface area contributed by atoms with Gasteiger partial charge in [-0.1, -0.05) is 35.5 Å². The molecule has 1 aliphatic heterocycles. The second kappa shape index (κ2) is 7.32. The lowest BCUT2D eigenvalue weighted by Gasteiger charge is -2.40. The number of rotatable bonds is 3. The molecule has 1 aromatic heterocycles. The van der Waals surface area contributed by atoms with Gasteiger partial charge in [-0.15, -0.1) is 0 Å². The summed E-state index contributed by atoms with van der Waals surface area (Å²) in [5, 5.41) is 3.39. The SMILES string of the molecule is CN1CC(=O)N(c2ccc(-c3noc(C(F)(F)F)n3)cc2)C(c2ccccc2)C1. The summed E-state index contributed by atoms with van der Waals surface area (Å²) in [7, 11) is 1.89. The molecule has 1 saturated heterocycles. The summed E-state index contributed by atoms with van der Waals surface area (Å²) in [5.41, 5.74) is 2.02. The predicted octanol–water partition coefficient (Wildman–Crippen LogP) is 3.78. The second-order valence-corrected chi connectivity index (χ2v) is 6.85. The van der Waals surface area contributed by atoms with Crippen LogP contribution in [0, 0.1) is 0 Å². The van der Waals surface area contributed by atoms with Gasteiger partial charge >= 0.3 is 12.1 Å². The Bertz CT molecular complexity index is 1000. The van der Waals surface area contributed by atoms with E-state index in [1.54, 1.807) is 29.2 Å². The highest BCUT2D eigenvalue weighted by Gasteiger charge is 2.38. The number of benzene rings is 2. The van der Waals surface area contributed by atoms with Crippen LogP contribution in [0.3, 0.4) is 0 Å². The van der Waals surface area contributed by atoms with Crippen molar-refractivity contribution in [2.24, 2.45) is 0 Å². The number of hydrogen-bond acceptors (Lipinski definition) is 5. The van der Waals surface area contributed by atoms with Crippen molar-refractivity contribution in [3.8, 4) is 11.4 Å². The number of amides is 1. The van der Waals surface area contributed by atoms with Crippen molar-refractivity contribution in [2.45, 2.75) is 12.2 Å². The first-order valence-corrected chi connectivity index (χ1v) is 8.90. The van der Waals surface area contributed by atoms with Crippen molar-refractivity contribution in [2.75, 3.05) is 25.0 Å². The van der Waals surface area contributed by atoms with E-state index in [9.17, 15) is 18.0 Å². The predicted molar refractivity (Wildman–Crippen MR) is 98.9 cm³/mol. The topological polar surface area (TPSA) is 62.5 Å². The van der Waals surface area contributed by atoms with Gasteiger partial charge in [0.2, 0.25) is 11.7 Å². The third-order valence-corrected chi connectivity index (χ3v) is 4.73. The fourth-order valence-electron chi connectivity index (χ4n) is 3.40. The molecule has 29 heavy (non-hydrogen) atoms. The van der Waals surface area contributed by atoms with Gasteiger partial charge in [-0.2, -0.15) is 18.2 Å². The van der Waals surface area contributed by atoms with Crippen LogP contribution in [-0.2, 0) is 11.0 Å². The van der Waals surface area contributed by atoms with Crippen molar-refractivity contribution in [1.82, 2.24) is 15.0 Å². The first-order chi connectivity index (χ1) is 13.8. The molecule has 6 nitrogen and oxygen atoms in total. The highest BCUT2D eigenvalue weighted by atomic mass is 19.4. The van der Waals surface area contributed by atoms with Crippen LogP contribution in [0.4, 0.5) is 18.9 Å². The number of piperazine rings is 1. The molecular weight excluding hydrogens is 385 g/mol. The summed E-state index contributed by atoms with van der Waals surface area (Å²) < 4.78 is 42.3. The lowest BCUT2D eigenvalue weighted by molar-refractivity contribution is -0.159. The molecule has 0 bridgehead atoms. The molecule has 2 aromatic carbocycles. The third-order valence-electron chi connectivity index (χ3n) is 4.73. The second-order valence-electron chi connectivity index (χ2n) is 6.85. The Labute approximate surface area is 164 Å². The highest BCUT2D eigenvalue weighted by Crippen LogP contribution is 2.33. The molecule has 1 amide bonds. The van der Waals surface area contributed by atoms with Crippen molar-refractivity contribution >= 4 is 11.6 Å². The van der Waals surface area contributed by atoms with Gasteiger partial charge in [0.25, 0.3) is 0 Å². The normalized spacial score (nSPS) is 18.3. The van der Waals surface area contributed by atoms with E-state index in [0.717, 1.165) is 5.56 Å². The lowest BCUT2D eigenvalue weighted by Crippen LogP contribution is -2.50. The number of carbonyl (C=O) groups excluding carboxylic acids is 1. The van der Waals surface area contributed by atoms with Crippen LogP contribution >= 0.6 is 0 Å². The van der Waals surface area contributed by atoms with Crippen LogP contribution in [0.5, 0.6) is 0 Å². The number of nitrogens with zero attached hydrogens (tertiary/aromatic N) is 4. The van der Waals surface area contributed by atoms with E-state index >= 15 is 0 Å². The maximum atomic E-state index is 12.8. The standard InChI is InChI=1S/C20H17F3N4O2/c1-26-11-16(13-5-3-2-4-6-13)27(17(28)12-26)15-9-7-14(8-10-15)18-24-19(29-25-18)20(21,22)23/h2-10,16H,11-12H2,1H3. The van der Waals surface area contributed by atoms with Crippen molar-refractivity contribution in [1.29, 1.82) is 0 Å². The summed E-state index contributed by atoms with van der Waals surface area (Å²) in [4.78, 5) is 19.8. The van der Waals surface area contributed by atoms with E-state index in [1.807, 2.05) is 42.3 Å². The van der Waals surface area contributed by atoms with E-state index in [-0.39, 0.29) is 24.3 Å². The van der Waals surface area contributed by atoms with Gasteiger partial charge in [0.1, 0.15) is 0 Å². The summed E-state index contributed by atoms with van der Waals surface area (Å²) in [6.45, 7) is 0.947. The van der Waals surface area contributed by atoms with Crippen molar-refractivity contribution in [3.05, 3.63) is 66.1 Å². The Morgan fingerprint density at radius 2 is 1.76 bits per heavy atom. The largest absolute Gasteiger partial charge is 0.471 e. The average Bonchev–Trinajstić information content (AvgIpc) is 3.19. The van der Waals surface area contributed by atoms with Gasteiger partial charge in [0.15, 0.2) is 0 Å². The lowest BCUT2D eigenvalue weighted by atomic mass is 10.0. The molecule has 150 valence electrons. The molecule has 0 N–H and O–H groups in total. The van der Waals surface area contributed by atoms with Crippen molar-refractivity contribution in [3.63, 3.8) is 0 Å². The van der Waals surface area contributed by atoms with E-state index in [4.69, 9.17) is 0 Å². The van der Waals surface area contributed by atoms with E-state index in [2.05, 4.69) is 14.7 Å². The molecule has 0 saturated carbocycles. The molecular formula is C20H17F3N4O2. The summed E-state index contributed by atoms with van der Waals surface area (Å²) in [6, 6.07) is 16.0. The van der Waals surface area contributed by atoms with Crippen LogP contribution in [0.1, 0.15) is 17.5 Å². The number of anilines is 1. The highest BCUT2D eigenvalue weighted by molar-refractivity contribution is 5.96. The molecule has 1 aliphatic rings. The van der Waals surface area contributed by atoms with Crippen LogP contribution in [0.15, 0.2) is 59.1 Å². The molecule has 9 heteroatoms. The van der Waals surface area contributed by atoms with Gasteiger partial charge < -0.3 is 9.42 Å². The minimum Gasteiger partial charge on any atom is -0.329 e. The smallest absolute Gasteiger partial charge is 0.329 e. The van der Waals surface area contributed by atoms with Crippen LogP contribution in [0.25, 0.3) is 11.4 Å². The number of alkyl halides is 3. The quantitative estimate of drug-likeness (QED) is 0.667. The van der Waals surface area contributed by atoms with Gasteiger partial charge in [-0.05, 0) is 36.9 Å². The fourth-order valence-corrected chi connectivity index (χ4v) is 3.40. The number of likely N-dealkylation sites (N-methyl/N-ethyl adjacent to an activating group) is 1. The zero-order chi connectivity index (χ0) is 20.6. The van der Waals surface area contributed by atoms with Crippen LogP contribution in [0.2, 0.25) is 0 Å². The average molecular weight is 402 g/mol.